The highest BCUT2D eigenvalue weighted by atomic mass is 32.2. The van der Waals surface area contributed by atoms with Gasteiger partial charge in [-0.05, 0) is 68.8 Å². The Morgan fingerprint density at radius 1 is 0.936 bits per heavy atom. The molecule has 256 valence electrons. The van der Waals surface area contributed by atoms with Gasteiger partial charge in [0.05, 0.1) is 5.25 Å². The van der Waals surface area contributed by atoms with E-state index < -0.39 is 5.25 Å². The summed E-state index contributed by atoms with van der Waals surface area (Å²) in [5.74, 6) is 0.126. The fourth-order valence-electron chi connectivity index (χ4n) is 7.37. The smallest absolute Gasteiger partial charge is 0.322 e. The highest BCUT2D eigenvalue weighted by Crippen LogP contribution is 2.48. The molecule has 47 heavy (non-hydrogen) atoms. The van der Waals surface area contributed by atoms with E-state index in [9.17, 15) is 14.4 Å². The van der Waals surface area contributed by atoms with E-state index in [4.69, 9.17) is 0 Å². The summed E-state index contributed by atoms with van der Waals surface area (Å²) in [6, 6.07) is 16.6. The number of para-hydroxylation sites is 2. The van der Waals surface area contributed by atoms with Crippen molar-refractivity contribution in [2.24, 2.45) is 5.41 Å². The van der Waals surface area contributed by atoms with Crippen LogP contribution in [0.3, 0.4) is 0 Å². The van der Waals surface area contributed by atoms with E-state index in [1.54, 1.807) is 11.8 Å². The Labute approximate surface area is 286 Å². The second-order valence-corrected chi connectivity index (χ2v) is 16.2. The first-order valence-electron chi connectivity index (χ1n) is 17.5. The molecule has 0 bridgehead atoms. The van der Waals surface area contributed by atoms with Crippen molar-refractivity contribution >= 4 is 41.0 Å². The van der Waals surface area contributed by atoms with E-state index in [1.165, 1.54) is 11.3 Å². The van der Waals surface area contributed by atoms with E-state index in [0.29, 0.717) is 26.2 Å². The van der Waals surface area contributed by atoms with Crippen molar-refractivity contribution in [3.63, 3.8) is 0 Å². The molecule has 3 fully saturated rings. The van der Waals surface area contributed by atoms with Crippen LogP contribution in [0.2, 0.25) is 0 Å². The van der Waals surface area contributed by atoms with Crippen LogP contribution in [0.25, 0.3) is 0 Å². The lowest BCUT2D eigenvalue weighted by molar-refractivity contribution is -0.137. The number of amides is 4. The number of rotatable bonds is 7. The highest BCUT2D eigenvalue weighted by molar-refractivity contribution is 8.01. The molecule has 6 rings (SSSR count). The summed E-state index contributed by atoms with van der Waals surface area (Å²) in [6.45, 7) is 13.3. The van der Waals surface area contributed by atoms with Crippen LogP contribution in [-0.2, 0) is 16.0 Å². The van der Waals surface area contributed by atoms with Crippen LogP contribution in [-0.4, -0.2) is 108 Å². The maximum atomic E-state index is 14.1. The van der Waals surface area contributed by atoms with Crippen molar-refractivity contribution in [1.29, 1.82) is 0 Å². The molecule has 10 heteroatoms. The van der Waals surface area contributed by atoms with E-state index in [2.05, 4.69) is 78.2 Å². The molecule has 2 aromatic carbocycles. The molecule has 1 N–H and O–H groups in total. The number of fused-ring (bicyclic) bond motifs is 1. The van der Waals surface area contributed by atoms with Crippen LogP contribution in [0, 0.1) is 5.41 Å². The minimum Gasteiger partial charge on any atom is -0.370 e. The Morgan fingerprint density at radius 2 is 1.68 bits per heavy atom. The normalized spacial score (nSPS) is 23.4. The van der Waals surface area contributed by atoms with Gasteiger partial charge in [-0.15, -0.1) is 11.8 Å². The number of piperidine rings is 1. The van der Waals surface area contributed by atoms with Gasteiger partial charge in [-0.2, -0.15) is 0 Å². The lowest BCUT2D eigenvalue weighted by Gasteiger charge is -2.38. The SMILES string of the molecule is CN1CCCN(c2ccccc2C2SC(CC(=O)N3CCC(N4CCc5ccccc5NC4=O)CC3)C(=O)N2CCC(C)(C)C)CC1.[HH]. The third-order valence-electron chi connectivity index (χ3n) is 10.3. The molecule has 2 aromatic rings. The first-order valence-corrected chi connectivity index (χ1v) is 18.4. The van der Waals surface area contributed by atoms with Crippen LogP contribution in [0.1, 0.15) is 70.8 Å². The minimum absolute atomic E-state index is 0. The Balaban J connectivity index is 0.00000451. The van der Waals surface area contributed by atoms with E-state index >= 15 is 0 Å². The zero-order valence-corrected chi connectivity index (χ0v) is 29.4. The number of thioether (sulfide) groups is 1. The average molecular weight is 663 g/mol. The number of benzene rings is 2. The van der Waals surface area contributed by atoms with Crippen LogP contribution in [0.4, 0.5) is 16.2 Å². The number of likely N-dealkylation sites (N-methyl/N-ethyl adjacent to an activating group) is 1. The van der Waals surface area contributed by atoms with Gasteiger partial charge in [0.25, 0.3) is 0 Å². The lowest BCUT2D eigenvalue weighted by Crippen LogP contribution is -2.50. The van der Waals surface area contributed by atoms with Gasteiger partial charge in [0.1, 0.15) is 5.37 Å². The molecule has 9 nitrogen and oxygen atoms in total. The molecule has 0 spiro atoms. The van der Waals surface area contributed by atoms with Crippen molar-refractivity contribution in [3.05, 3.63) is 59.7 Å². The summed E-state index contributed by atoms with van der Waals surface area (Å²) in [6.07, 6.45) is 4.54. The molecule has 0 aromatic heterocycles. The second-order valence-electron chi connectivity index (χ2n) is 14.9. The van der Waals surface area contributed by atoms with E-state index in [-0.39, 0.29) is 42.5 Å². The van der Waals surface area contributed by atoms with Gasteiger partial charge in [-0.3, -0.25) is 9.59 Å². The molecular weight excluding hydrogens is 609 g/mol. The number of hydrogen-bond acceptors (Lipinski definition) is 6. The number of carbonyl (C=O) groups excluding carboxylic acids is 3. The predicted octanol–water partition coefficient (Wildman–Crippen LogP) is 5.92. The van der Waals surface area contributed by atoms with Crippen LogP contribution >= 0.6 is 11.8 Å². The Hall–Kier alpha value is -3.24. The third kappa shape index (κ3) is 7.91. The van der Waals surface area contributed by atoms with Crippen LogP contribution in [0.15, 0.2) is 48.5 Å². The first-order chi connectivity index (χ1) is 22.6. The summed E-state index contributed by atoms with van der Waals surface area (Å²) in [5.41, 5.74) is 4.53. The third-order valence-corrected chi connectivity index (χ3v) is 11.7. The summed E-state index contributed by atoms with van der Waals surface area (Å²) in [4.78, 5) is 51.7. The summed E-state index contributed by atoms with van der Waals surface area (Å²) >= 11 is 1.66. The zero-order chi connectivity index (χ0) is 33.1. The lowest BCUT2D eigenvalue weighted by atomic mass is 9.92. The summed E-state index contributed by atoms with van der Waals surface area (Å²) < 4.78 is 0. The first kappa shape index (κ1) is 33.7. The average Bonchev–Trinajstić information content (AvgIpc) is 3.17. The van der Waals surface area contributed by atoms with Gasteiger partial charge in [0.15, 0.2) is 0 Å². The largest absolute Gasteiger partial charge is 0.370 e. The van der Waals surface area contributed by atoms with Gasteiger partial charge in [-0.1, -0.05) is 57.2 Å². The molecule has 0 saturated carbocycles. The van der Waals surface area contributed by atoms with Gasteiger partial charge in [0, 0.05) is 76.6 Å². The fourth-order valence-corrected chi connectivity index (χ4v) is 8.88. The second kappa shape index (κ2) is 14.5. The summed E-state index contributed by atoms with van der Waals surface area (Å²) in [7, 11) is 2.18. The Kier molecular flexibility index (Phi) is 10.4. The van der Waals surface area contributed by atoms with Crippen molar-refractivity contribution in [2.75, 3.05) is 69.6 Å². The number of urea groups is 1. The van der Waals surface area contributed by atoms with E-state index in [0.717, 1.165) is 69.5 Å². The Morgan fingerprint density at radius 3 is 2.47 bits per heavy atom. The molecule has 4 aliphatic rings. The number of hydrogen-bond donors (Lipinski definition) is 1. The van der Waals surface area contributed by atoms with Crippen molar-refractivity contribution in [2.45, 2.75) is 76.0 Å². The summed E-state index contributed by atoms with van der Waals surface area (Å²) in [5, 5.41) is 2.57. The molecule has 2 unspecified atom stereocenters. The number of likely N-dealkylation sites (tertiary alicyclic amines) is 1. The van der Waals surface area contributed by atoms with Crippen LogP contribution < -0.4 is 10.2 Å². The number of anilines is 2. The molecule has 4 amide bonds. The number of nitrogens with one attached hydrogen (secondary N) is 1. The fraction of sp³-hybridized carbons (Fsp3) is 0.595. The van der Waals surface area contributed by atoms with E-state index in [1.807, 2.05) is 28.0 Å². The molecular formula is C37H54N6O3S. The molecule has 4 aliphatic heterocycles. The molecule has 3 saturated heterocycles. The quantitative estimate of drug-likeness (QED) is 0.397. The number of nitrogens with zero attached hydrogens (tertiary/aromatic N) is 5. The van der Waals surface area contributed by atoms with Gasteiger partial charge < -0.3 is 29.8 Å². The van der Waals surface area contributed by atoms with Gasteiger partial charge in [-0.25, -0.2) is 4.79 Å². The topological polar surface area (TPSA) is 79.4 Å². The highest BCUT2D eigenvalue weighted by Gasteiger charge is 2.44. The monoisotopic (exact) mass is 662 g/mol. The molecule has 0 aliphatic carbocycles. The molecule has 4 heterocycles. The number of carbonyl (C=O) groups is 3. The predicted molar refractivity (Wildman–Crippen MR) is 193 cm³/mol. The Bertz CT molecular complexity index is 1440. The molecule has 2 atom stereocenters. The standard InChI is InChI=1S/C37H52N6O3S.H2/c1-37(2,3)17-23-43-34(45)32(47-35(43)29-11-6-8-13-31(29)40-19-9-18-39(4)24-25-40)26-33(44)41-20-15-28(16-21-41)42-22-14-27-10-5-7-12-30(27)38-36(42)46;/h5-8,10-13,28,32,35H,9,14-26H2,1-4H3,(H,38,46);1H. The minimum atomic E-state index is -0.400. The van der Waals surface area contributed by atoms with Crippen molar-refractivity contribution in [3.8, 4) is 0 Å². The van der Waals surface area contributed by atoms with Crippen LogP contribution in [0.5, 0.6) is 0 Å². The van der Waals surface area contributed by atoms with Crippen molar-refractivity contribution in [1.82, 2.24) is 19.6 Å². The van der Waals surface area contributed by atoms with Gasteiger partial charge >= 0.3 is 6.03 Å². The zero-order valence-electron chi connectivity index (χ0n) is 28.6. The van der Waals surface area contributed by atoms with Crippen molar-refractivity contribution < 1.29 is 15.8 Å². The maximum absolute atomic E-state index is 14.1. The molecule has 0 radical (unpaired) electrons. The maximum Gasteiger partial charge on any atom is 0.322 e. The van der Waals surface area contributed by atoms with Gasteiger partial charge in [0.2, 0.25) is 11.8 Å².